The van der Waals surface area contributed by atoms with Gasteiger partial charge in [-0.05, 0) is 39.5 Å². The van der Waals surface area contributed by atoms with Gasteiger partial charge in [-0.3, -0.25) is 0 Å². The highest BCUT2D eigenvalue weighted by Gasteiger charge is 2.67. The van der Waals surface area contributed by atoms with Crippen LogP contribution in [0.5, 0.6) is 0 Å². The highest BCUT2D eigenvalue weighted by atomic mass is 16.6. The largest absolute Gasteiger partial charge is 0.372 e. The molecule has 0 bridgehead atoms. The maximum Gasteiger partial charge on any atom is 0.0972 e. The average Bonchev–Trinajstić information content (AvgIpc) is 2.84. The molecule has 2 aliphatic rings. The van der Waals surface area contributed by atoms with Gasteiger partial charge < -0.3 is 9.47 Å². The predicted molar refractivity (Wildman–Crippen MR) is 47.2 cm³/mol. The summed E-state index contributed by atoms with van der Waals surface area (Å²) in [4.78, 5) is 0. The second kappa shape index (κ2) is 2.71. The van der Waals surface area contributed by atoms with Gasteiger partial charge in [0, 0.05) is 13.2 Å². The third-order valence-corrected chi connectivity index (χ3v) is 3.08. The minimum absolute atomic E-state index is 0.137. The normalized spacial score (nSPS) is 28.5. The molecule has 0 heterocycles. The number of hydrogen-bond donors (Lipinski definition) is 0. The van der Waals surface area contributed by atoms with E-state index in [2.05, 4.69) is 13.8 Å². The summed E-state index contributed by atoms with van der Waals surface area (Å²) in [6.45, 7) is 5.80. The Balaban J connectivity index is 1.98. The van der Waals surface area contributed by atoms with Gasteiger partial charge in [0.15, 0.2) is 0 Å². The molecule has 2 heteroatoms. The maximum absolute atomic E-state index is 5.80. The van der Waals surface area contributed by atoms with E-state index in [1.165, 1.54) is 25.7 Å². The highest BCUT2D eigenvalue weighted by Crippen LogP contribution is 2.61. The van der Waals surface area contributed by atoms with Gasteiger partial charge in [0.25, 0.3) is 0 Å². The zero-order valence-electron chi connectivity index (χ0n) is 8.06. The van der Waals surface area contributed by atoms with Crippen LogP contribution in [0.3, 0.4) is 0 Å². The van der Waals surface area contributed by atoms with Crippen molar-refractivity contribution in [1.82, 2.24) is 0 Å². The average molecular weight is 170 g/mol. The first kappa shape index (κ1) is 8.52. The van der Waals surface area contributed by atoms with Gasteiger partial charge in [0.1, 0.15) is 0 Å². The van der Waals surface area contributed by atoms with E-state index in [4.69, 9.17) is 9.47 Å². The molecule has 0 amide bonds. The molecular weight excluding hydrogens is 152 g/mol. The van der Waals surface area contributed by atoms with Crippen LogP contribution in [-0.4, -0.2) is 24.4 Å². The van der Waals surface area contributed by atoms with Crippen LogP contribution in [0, 0.1) is 0 Å². The van der Waals surface area contributed by atoms with Crippen LogP contribution >= 0.6 is 0 Å². The summed E-state index contributed by atoms with van der Waals surface area (Å²) < 4.78 is 11.6. The van der Waals surface area contributed by atoms with Gasteiger partial charge >= 0.3 is 0 Å². The third kappa shape index (κ3) is 1.09. The van der Waals surface area contributed by atoms with Crippen LogP contribution < -0.4 is 0 Å². The fraction of sp³-hybridized carbons (Fsp3) is 1.00. The Kier molecular flexibility index (Phi) is 1.92. The molecule has 12 heavy (non-hydrogen) atoms. The van der Waals surface area contributed by atoms with E-state index < -0.39 is 0 Å². The van der Waals surface area contributed by atoms with Crippen molar-refractivity contribution in [1.29, 1.82) is 0 Å². The molecule has 0 spiro atoms. The molecule has 0 radical (unpaired) electrons. The van der Waals surface area contributed by atoms with Crippen LogP contribution in [0.15, 0.2) is 0 Å². The van der Waals surface area contributed by atoms with Crippen molar-refractivity contribution in [3.05, 3.63) is 0 Å². The van der Waals surface area contributed by atoms with Crippen LogP contribution in [0.25, 0.3) is 0 Å². The van der Waals surface area contributed by atoms with Gasteiger partial charge in [0.2, 0.25) is 0 Å². The first-order chi connectivity index (χ1) is 5.79. The van der Waals surface area contributed by atoms with Gasteiger partial charge in [-0.1, -0.05) is 0 Å². The Bertz CT molecular complexity index is 149. The lowest BCUT2D eigenvalue weighted by Gasteiger charge is -2.26. The Hall–Kier alpha value is -0.0800. The Morgan fingerprint density at radius 2 is 1.17 bits per heavy atom. The molecule has 0 saturated heterocycles. The highest BCUT2D eigenvalue weighted by molar-refractivity contribution is 5.20. The maximum atomic E-state index is 5.80. The summed E-state index contributed by atoms with van der Waals surface area (Å²) in [6, 6.07) is 0. The molecule has 2 rings (SSSR count). The molecule has 2 aliphatic carbocycles. The van der Waals surface area contributed by atoms with E-state index in [0.717, 1.165) is 13.2 Å². The van der Waals surface area contributed by atoms with Gasteiger partial charge in [-0.25, -0.2) is 0 Å². The van der Waals surface area contributed by atoms with Crippen LogP contribution in [0.4, 0.5) is 0 Å². The van der Waals surface area contributed by atoms with Crippen LogP contribution in [-0.2, 0) is 9.47 Å². The summed E-state index contributed by atoms with van der Waals surface area (Å²) in [5.74, 6) is 0. The molecule has 0 aliphatic heterocycles. The van der Waals surface area contributed by atoms with Crippen molar-refractivity contribution in [2.24, 2.45) is 0 Å². The zero-order chi connectivity index (χ0) is 8.66. The molecule has 2 nitrogen and oxygen atoms in total. The van der Waals surface area contributed by atoms with Gasteiger partial charge in [0.05, 0.1) is 11.2 Å². The standard InChI is InChI=1S/C10H18O2/c1-3-11-9(5-6-9)10(7-8-10)12-4-2/h3-8H2,1-2H3. The summed E-state index contributed by atoms with van der Waals surface area (Å²) in [6.07, 6.45) is 4.84. The second-order valence-electron chi connectivity index (χ2n) is 3.85. The minimum Gasteiger partial charge on any atom is -0.372 e. The summed E-state index contributed by atoms with van der Waals surface area (Å²) in [5.41, 5.74) is 0.273. The van der Waals surface area contributed by atoms with Crippen molar-refractivity contribution in [2.75, 3.05) is 13.2 Å². The van der Waals surface area contributed by atoms with Crippen molar-refractivity contribution in [3.63, 3.8) is 0 Å². The molecule has 2 fully saturated rings. The van der Waals surface area contributed by atoms with E-state index in [9.17, 15) is 0 Å². The molecule has 0 unspecified atom stereocenters. The fourth-order valence-corrected chi connectivity index (χ4v) is 2.24. The Morgan fingerprint density at radius 3 is 1.33 bits per heavy atom. The topological polar surface area (TPSA) is 18.5 Å². The SMILES string of the molecule is CCOC1(C2(OCC)CC2)CC1. The quantitative estimate of drug-likeness (QED) is 0.629. The van der Waals surface area contributed by atoms with E-state index in [1.807, 2.05) is 0 Å². The van der Waals surface area contributed by atoms with Crippen molar-refractivity contribution < 1.29 is 9.47 Å². The van der Waals surface area contributed by atoms with Crippen molar-refractivity contribution in [2.45, 2.75) is 50.7 Å². The van der Waals surface area contributed by atoms with Crippen LogP contribution in [0.1, 0.15) is 39.5 Å². The molecule has 2 saturated carbocycles. The number of rotatable bonds is 5. The molecule has 0 N–H and O–H groups in total. The van der Waals surface area contributed by atoms with E-state index in [1.54, 1.807) is 0 Å². The number of ether oxygens (including phenoxy) is 2. The molecular formula is C10H18O2. The third-order valence-electron chi connectivity index (χ3n) is 3.08. The molecule has 70 valence electrons. The summed E-state index contributed by atoms with van der Waals surface area (Å²) >= 11 is 0. The second-order valence-corrected chi connectivity index (χ2v) is 3.85. The van der Waals surface area contributed by atoms with E-state index >= 15 is 0 Å². The zero-order valence-corrected chi connectivity index (χ0v) is 8.06. The first-order valence-electron chi connectivity index (χ1n) is 5.06. The van der Waals surface area contributed by atoms with Crippen LogP contribution in [0.2, 0.25) is 0 Å². The summed E-state index contributed by atoms with van der Waals surface area (Å²) in [7, 11) is 0. The fourth-order valence-electron chi connectivity index (χ4n) is 2.24. The predicted octanol–water partition coefficient (Wildman–Crippen LogP) is 2.12. The van der Waals surface area contributed by atoms with Crippen molar-refractivity contribution in [3.8, 4) is 0 Å². The van der Waals surface area contributed by atoms with E-state index in [0.29, 0.717) is 0 Å². The van der Waals surface area contributed by atoms with Gasteiger partial charge in [-0.15, -0.1) is 0 Å². The lowest BCUT2D eigenvalue weighted by Crippen LogP contribution is -2.36. The lowest BCUT2D eigenvalue weighted by atomic mass is 10.1. The van der Waals surface area contributed by atoms with Gasteiger partial charge in [-0.2, -0.15) is 0 Å². The Labute approximate surface area is 74.2 Å². The monoisotopic (exact) mass is 170 g/mol. The molecule has 0 aromatic heterocycles. The number of hydrogen-bond acceptors (Lipinski definition) is 2. The first-order valence-corrected chi connectivity index (χ1v) is 5.06. The molecule has 0 atom stereocenters. The lowest BCUT2D eigenvalue weighted by molar-refractivity contribution is -0.101. The molecule has 0 aromatic rings. The van der Waals surface area contributed by atoms with E-state index in [-0.39, 0.29) is 11.2 Å². The van der Waals surface area contributed by atoms with Crippen molar-refractivity contribution >= 4 is 0 Å². The Morgan fingerprint density at radius 1 is 0.833 bits per heavy atom. The smallest absolute Gasteiger partial charge is 0.0972 e. The summed E-state index contributed by atoms with van der Waals surface area (Å²) in [5, 5.41) is 0. The molecule has 0 aromatic carbocycles. The minimum atomic E-state index is 0.137.